The summed E-state index contributed by atoms with van der Waals surface area (Å²) in [6, 6.07) is 0.182. The fourth-order valence-electron chi connectivity index (χ4n) is 2.82. The van der Waals surface area contributed by atoms with E-state index in [4.69, 9.17) is 5.73 Å². The Bertz CT molecular complexity index is 268. The van der Waals surface area contributed by atoms with Gasteiger partial charge in [-0.1, -0.05) is 20.8 Å². The summed E-state index contributed by atoms with van der Waals surface area (Å²) in [7, 11) is 1.88. The second kappa shape index (κ2) is 7.10. The van der Waals surface area contributed by atoms with Gasteiger partial charge in [-0.15, -0.1) is 0 Å². The number of hydrogen-bond donors (Lipinski definition) is 1. The highest BCUT2D eigenvalue weighted by Gasteiger charge is 2.27. The van der Waals surface area contributed by atoms with Crippen LogP contribution in [0.3, 0.4) is 0 Å². The summed E-state index contributed by atoms with van der Waals surface area (Å²) in [5.41, 5.74) is 5.96. The zero-order valence-corrected chi connectivity index (χ0v) is 12.4. The van der Waals surface area contributed by atoms with Crippen molar-refractivity contribution < 1.29 is 4.79 Å². The summed E-state index contributed by atoms with van der Waals surface area (Å²) in [5, 5.41) is 0. The molecular formula is C14H29N3O. The number of likely N-dealkylation sites (N-methyl/N-ethyl adjacent to an activating group) is 2. The molecule has 106 valence electrons. The molecule has 2 N–H and O–H groups in total. The smallest absolute Gasteiger partial charge is 0.239 e. The van der Waals surface area contributed by atoms with Crippen molar-refractivity contribution in [2.45, 2.75) is 52.1 Å². The zero-order valence-electron chi connectivity index (χ0n) is 12.4. The minimum absolute atomic E-state index is 0.0895. The van der Waals surface area contributed by atoms with Gasteiger partial charge in [-0.3, -0.25) is 9.69 Å². The summed E-state index contributed by atoms with van der Waals surface area (Å²) in [6.45, 7) is 9.45. The Morgan fingerprint density at radius 3 is 2.72 bits per heavy atom. The molecule has 0 bridgehead atoms. The maximum atomic E-state index is 12.1. The number of nitrogens with zero attached hydrogens (tertiary/aromatic N) is 2. The fraction of sp³-hybridized carbons (Fsp3) is 0.929. The third-order valence-electron chi connectivity index (χ3n) is 3.81. The molecule has 4 heteroatoms. The van der Waals surface area contributed by atoms with E-state index < -0.39 is 0 Å². The summed E-state index contributed by atoms with van der Waals surface area (Å²) in [4.78, 5) is 16.4. The number of amides is 1. The van der Waals surface area contributed by atoms with Gasteiger partial charge in [-0.05, 0) is 38.3 Å². The molecule has 1 aliphatic heterocycles. The number of carbonyl (C=O) groups excluding carboxylic acids is 1. The molecule has 1 rings (SSSR count). The lowest BCUT2D eigenvalue weighted by Crippen LogP contribution is -2.47. The normalized spacial score (nSPS) is 22.4. The first-order chi connectivity index (χ1) is 8.45. The van der Waals surface area contributed by atoms with Crippen LogP contribution in [0.4, 0.5) is 0 Å². The second-order valence-corrected chi connectivity index (χ2v) is 5.88. The Hall–Kier alpha value is -0.610. The molecule has 4 nitrogen and oxygen atoms in total. The van der Waals surface area contributed by atoms with Crippen molar-refractivity contribution in [3.05, 3.63) is 0 Å². The van der Waals surface area contributed by atoms with Crippen LogP contribution in [0.15, 0.2) is 0 Å². The van der Waals surface area contributed by atoms with Crippen LogP contribution >= 0.6 is 0 Å². The van der Waals surface area contributed by atoms with Crippen molar-refractivity contribution >= 4 is 5.91 Å². The van der Waals surface area contributed by atoms with E-state index in [1.807, 2.05) is 11.9 Å². The third-order valence-corrected chi connectivity index (χ3v) is 3.81. The SMILES string of the molecule is CCN1CCCC1CN(C)C(=O)[C@@H](N)CC(C)C. The standard InChI is InChI=1S/C14H29N3O/c1-5-17-8-6-7-12(17)10-16(4)14(18)13(15)9-11(2)3/h11-13H,5-10,15H2,1-4H3/t12?,13-/m0/s1. The van der Waals surface area contributed by atoms with Gasteiger partial charge in [0.1, 0.15) is 0 Å². The lowest BCUT2D eigenvalue weighted by molar-refractivity contribution is -0.132. The minimum atomic E-state index is -0.341. The lowest BCUT2D eigenvalue weighted by atomic mass is 10.0. The summed E-state index contributed by atoms with van der Waals surface area (Å²) < 4.78 is 0. The van der Waals surface area contributed by atoms with Crippen molar-refractivity contribution in [3.63, 3.8) is 0 Å². The molecule has 1 amide bonds. The molecule has 1 aliphatic rings. The highest BCUT2D eigenvalue weighted by molar-refractivity contribution is 5.81. The van der Waals surface area contributed by atoms with Crippen LogP contribution < -0.4 is 5.73 Å². The van der Waals surface area contributed by atoms with Crippen LogP contribution in [0.2, 0.25) is 0 Å². The summed E-state index contributed by atoms with van der Waals surface area (Å²) in [5.74, 6) is 0.558. The van der Waals surface area contributed by atoms with E-state index in [1.54, 1.807) is 0 Å². The zero-order chi connectivity index (χ0) is 13.7. The van der Waals surface area contributed by atoms with Crippen molar-refractivity contribution in [3.8, 4) is 0 Å². The molecule has 0 aromatic heterocycles. The summed E-state index contributed by atoms with van der Waals surface area (Å²) >= 11 is 0. The van der Waals surface area contributed by atoms with Crippen LogP contribution in [0.1, 0.15) is 40.0 Å². The van der Waals surface area contributed by atoms with Gasteiger partial charge in [-0.25, -0.2) is 0 Å². The molecule has 0 aliphatic carbocycles. The van der Waals surface area contributed by atoms with Crippen molar-refractivity contribution in [2.24, 2.45) is 11.7 Å². The van der Waals surface area contributed by atoms with E-state index in [0.29, 0.717) is 12.0 Å². The van der Waals surface area contributed by atoms with Gasteiger partial charge < -0.3 is 10.6 Å². The van der Waals surface area contributed by atoms with Gasteiger partial charge >= 0.3 is 0 Å². The van der Waals surface area contributed by atoms with E-state index in [-0.39, 0.29) is 11.9 Å². The molecule has 0 aromatic rings. The average molecular weight is 255 g/mol. The van der Waals surface area contributed by atoms with Crippen LogP contribution in [0.5, 0.6) is 0 Å². The molecule has 0 saturated carbocycles. The maximum absolute atomic E-state index is 12.1. The molecule has 2 atom stereocenters. The molecule has 1 fully saturated rings. The molecule has 18 heavy (non-hydrogen) atoms. The van der Waals surface area contributed by atoms with Crippen molar-refractivity contribution in [1.82, 2.24) is 9.80 Å². The van der Waals surface area contributed by atoms with E-state index >= 15 is 0 Å². The topological polar surface area (TPSA) is 49.6 Å². The first-order valence-electron chi connectivity index (χ1n) is 7.20. The van der Waals surface area contributed by atoms with Gasteiger partial charge in [0, 0.05) is 19.6 Å². The number of hydrogen-bond acceptors (Lipinski definition) is 3. The minimum Gasteiger partial charge on any atom is -0.343 e. The Morgan fingerprint density at radius 1 is 1.50 bits per heavy atom. The molecular weight excluding hydrogens is 226 g/mol. The van der Waals surface area contributed by atoms with Gasteiger partial charge in [0.2, 0.25) is 5.91 Å². The Balaban J connectivity index is 2.44. The Morgan fingerprint density at radius 2 is 2.17 bits per heavy atom. The van der Waals surface area contributed by atoms with E-state index in [9.17, 15) is 4.79 Å². The van der Waals surface area contributed by atoms with E-state index in [1.165, 1.54) is 19.4 Å². The molecule has 1 unspecified atom stereocenters. The highest BCUT2D eigenvalue weighted by atomic mass is 16.2. The molecule has 0 spiro atoms. The number of rotatable bonds is 6. The largest absolute Gasteiger partial charge is 0.343 e. The van der Waals surface area contributed by atoms with Gasteiger partial charge in [-0.2, -0.15) is 0 Å². The highest BCUT2D eigenvalue weighted by Crippen LogP contribution is 2.17. The van der Waals surface area contributed by atoms with Crippen LogP contribution in [-0.4, -0.2) is 54.5 Å². The van der Waals surface area contributed by atoms with Crippen LogP contribution in [-0.2, 0) is 4.79 Å². The Kier molecular flexibility index (Phi) is 6.09. The van der Waals surface area contributed by atoms with Crippen LogP contribution in [0.25, 0.3) is 0 Å². The maximum Gasteiger partial charge on any atom is 0.239 e. The average Bonchev–Trinajstić information content (AvgIpc) is 2.74. The van der Waals surface area contributed by atoms with E-state index in [2.05, 4.69) is 25.7 Å². The quantitative estimate of drug-likeness (QED) is 0.778. The van der Waals surface area contributed by atoms with Crippen LogP contribution in [0, 0.1) is 5.92 Å². The number of nitrogens with two attached hydrogens (primary N) is 1. The second-order valence-electron chi connectivity index (χ2n) is 5.88. The Labute approximate surface area is 111 Å². The molecule has 0 radical (unpaired) electrons. The molecule has 1 heterocycles. The third kappa shape index (κ3) is 4.25. The predicted octanol–water partition coefficient (Wildman–Crippen LogP) is 1.30. The predicted molar refractivity (Wildman–Crippen MR) is 75.3 cm³/mol. The van der Waals surface area contributed by atoms with Crippen molar-refractivity contribution in [1.29, 1.82) is 0 Å². The summed E-state index contributed by atoms with van der Waals surface area (Å²) in [6.07, 6.45) is 3.22. The first kappa shape index (κ1) is 15.4. The molecule has 0 aromatic carbocycles. The number of likely N-dealkylation sites (tertiary alicyclic amines) is 1. The monoisotopic (exact) mass is 255 g/mol. The number of carbonyl (C=O) groups is 1. The van der Waals surface area contributed by atoms with E-state index in [0.717, 1.165) is 19.5 Å². The first-order valence-corrected chi connectivity index (χ1v) is 7.20. The molecule has 1 saturated heterocycles. The van der Waals surface area contributed by atoms with Gasteiger partial charge in [0.25, 0.3) is 0 Å². The lowest BCUT2D eigenvalue weighted by Gasteiger charge is -2.29. The van der Waals surface area contributed by atoms with Gasteiger partial charge in [0.05, 0.1) is 6.04 Å². The van der Waals surface area contributed by atoms with Crippen molar-refractivity contribution in [2.75, 3.05) is 26.7 Å². The van der Waals surface area contributed by atoms with Gasteiger partial charge in [0.15, 0.2) is 0 Å². The fourth-order valence-corrected chi connectivity index (χ4v) is 2.82.